The molecule has 2 aromatic heterocycles. The van der Waals surface area contributed by atoms with Gasteiger partial charge in [0.2, 0.25) is 5.89 Å². The minimum Gasteiger partial charge on any atom is -0.436 e. The highest BCUT2D eigenvalue weighted by atomic mass is 16.3. The molecule has 0 aliphatic heterocycles. The summed E-state index contributed by atoms with van der Waals surface area (Å²) in [6, 6.07) is 33.2. The van der Waals surface area contributed by atoms with Crippen LogP contribution in [0.2, 0.25) is 0 Å². The molecule has 0 bridgehead atoms. The van der Waals surface area contributed by atoms with Crippen LogP contribution in [0.4, 0.5) is 0 Å². The van der Waals surface area contributed by atoms with Crippen molar-refractivity contribution in [3.63, 3.8) is 0 Å². The van der Waals surface area contributed by atoms with Crippen LogP contribution in [-0.4, -0.2) is 15.0 Å². The molecule has 0 saturated carbocycles. The average molecular weight is 424 g/mol. The summed E-state index contributed by atoms with van der Waals surface area (Å²) in [5.74, 6) is 1.19. The highest BCUT2D eigenvalue weighted by Gasteiger charge is 2.14. The van der Waals surface area contributed by atoms with Crippen LogP contribution in [0.5, 0.6) is 0 Å². The van der Waals surface area contributed by atoms with Crippen LogP contribution in [0, 0.1) is 11.3 Å². The summed E-state index contributed by atoms with van der Waals surface area (Å²) in [5.41, 5.74) is 6.48. The summed E-state index contributed by atoms with van der Waals surface area (Å²) in [6.07, 6.45) is 0. The van der Waals surface area contributed by atoms with Crippen molar-refractivity contribution in [3.8, 4) is 40.2 Å². The van der Waals surface area contributed by atoms with Crippen molar-refractivity contribution in [1.82, 2.24) is 15.0 Å². The summed E-state index contributed by atoms with van der Waals surface area (Å²) >= 11 is 0. The van der Waals surface area contributed by atoms with E-state index in [0.717, 1.165) is 38.8 Å². The lowest BCUT2D eigenvalue weighted by atomic mass is 10.0. The fourth-order valence-corrected chi connectivity index (χ4v) is 3.90. The number of oxazole rings is 1. The zero-order valence-corrected chi connectivity index (χ0v) is 17.4. The molecule has 4 aromatic carbocycles. The van der Waals surface area contributed by atoms with Crippen molar-refractivity contribution in [2.75, 3.05) is 0 Å². The van der Waals surface area contributed by atoms with E-state index in [4.69, 9.17) is 19.6 Å². The zero-order chi connectivity index (χ0) is 22.2. The molecule has 0 fully saturated rings. The smallest absolute Gasteiger partial charge is 0.227 e. The summed E-state index contributed by atoms with van der Waals surface area (Å²) < 4.78 is 5.95. The molecule has 0 aliphatic rings. The molecule has 0 unspecified atom stereocenters. The predicted molar refractivity (Wildman–Crippen MR) is 128 cm³/mol. The lowest BCUT2D eigenvalue weighted by Crippen LogP contribution is -1.95. The molecular formula is C28H16N4O. The van der Waals surface area contributed by atoms with Gasteiger partial charge in [0.15, 0.2) is 11.4 Å². The highest BCUT2D eigenvalue weighted by molar-refractivity contribution is 5.94. The molecule has 6 aromatic rings. The van der Waals surface area contributed by atoms with Gasteiger partial charge in [-0.05, 0) is 48.5 Å². The van der Waals surface area contributed by atoms with Crippen LogP contribution >= 0.6 is 0 Å². The average Bonchev–Trinajstić information content (AvgIpc) is 3.32. The van der Waals surface area contributed by atoms with Gasteiger partial charge in [0.05, 0.1) is 22.8 Å². The highest BCUT2D eigenvalue weighted by Crippen LogP contribution is 2.31. The van der Waals surface area contributed by atoms with E-state index >= 15 is 0 Å². The van der Waals surface area contributed by atoms with E-state index < -0.39 is 0 Å². The van der Waals surface area contributed by atoms with E-state index in [0.29, 0.717) is 22.9 Å². The molecule has 0 N–H and O–H groups in total. The van der Waals surface area contributed by atoms with Crippen LogP contribution in [0.15, 0.2) is 101 Å². The third-order valence-corrected chi connectivity index (χ3v) is 5.56. The number of hydrogen-bond donors (Lipinski definition) is 0. The molecule has 33 heavy (non-hydrogen) atoms. The second-order valence-corrected chi connectivity index (χ2v) is 7.67. The largest absolute Gasteiger partial charge is 0.436 e. The molecule has 5 heteroatoms. The van der Waals surface area contributed by atoms with Gasteiger partial charge in [0.25, 0.3) is 0 Å². The van der Waals surface area contributed by atoms with Crippen LogP contribution in [-0.2, 0) is 0 Å². The quantitative estimate of drug-likeness (QED) is 0.318. The van der Waals surface area contributed by atoms with E-state index in [9.17, 15) is 0 Å². The molecule has 0 amide bonds. The Kier molecular flexibility index (Phi) is 4.41. The molecule has 0 radical (unpaired) electrons. The van der Waals surface area contributed by atoms with Crippen molar-refractivity contribution in [3.05, 3.63) is 103 Å². The third kappa shape index (κ3) is 3.40. The Morgan fingerprint density at radius 1 is 0.636 bits per heavy atom. The normalized spacial score (nSPS) is 11.0. The molecular weight excluding hydrogens is 408 g/mol. The molecule has 5 nitrogen and oxygen atoms in total. The van der Waals surface area contributed by atoms with Crippen molar-refractivity contribution in [2.45, 2.75) is 0 Å². The third-order valence-electron chi connectivity index (χ3n) is 5.56. The Morgan fingerprint density at radius 2 is 1.39 bits per heavy atom. The van der Waals surface area contributed by atoms with Gasteiger partial charge in [-0.1, -0.05) is 48.5 Å². The van der Waals surface area contributed by atoms with Gasteiger partial charge in [0.1, 0.15) is 5.52 Å². The fourth-order valence-electron chi connectivity index (χ4n) is 3.90. The summed E-state index contributed by atoms with van der Waals surface area (Å²) in [4.78, 5) is 14.4. The van der Waals surface area contributed by atoms with Gasteiger partial charge in [-0.2, -0.15) is 5.26 Å². The number of aromatic nitrogens is 3. The molecule has 2 heterocycles. The molecule has 6 rings (SSSR count). The van der Waals surface area contributed by atoms with Crippen LogP contribution < -0.4 is 0 Å². The summed E-state index contributed by atoms with van der Waals surface area (Å²) in [6.45, 7) is 0. The SMILES string of the molecule is N#Cc1ccc(-c2nc(-c3ccc4oc(-c5ccccc5)nc4c3)nc3ccccc23)cc1. The predicted octanol–water partition coefficient (Wildman–Crippen LogP) is 6.64. The monoisotopic (exact) mass is 424 g/mol. The van der Waals surface area contributed by atoms with Crippen molar-refractivity contribution in [2.24, 2.45) is 0 Å². The van der Waals surface area contributed by atoms with Gasteiger partial charge >= 0.3 is 0 Å². The molecule has 0 aliphatic carbocycles. The topological polar surface area (TPSA) is 75.6 Å². The number of fused-ring (bicyclic) bond motifs is 2. The zero-order valence-electron chi connectivity index (χ0n) is 17.4. The summed E-state index contributed by atoms with van der Waals surface area (Å²) in [7, 11) is 0. The maximum Gasteiger partial charge on any atom is 0.227 e. The minimum atomic E-state index is 0.584. The lowest BCUT2D eigenvalue weighted by molar-refractivity contribution is 0.620. The second kappa shape index (κ2) is 7.70. The van der Waals surface area contributed by atoms with Gasteiger partial charge in [0, 0.05) is 22.1 Å². The van der Waals surface area contributed by atoms with Crippen molar-refractivity contribution in [1.29, 1.82) is 5.26 Å². The Morgan fingerprint density at radius 3 is 2.21 bits per heavy atom. The Hall–Kier alpha value is -4.82. The Balaban J connectivity index is 1.50. The maximum absolute atomic E-state index is 9.14. The molecule has 0 atom stereocenters. The van der Waals surface area contributed by atoms with E-state index in [-0.39, 0.29) is 0 Å². The van der Waals surface area contributed by atoms with Crippen molar-refractivity contribution < 1.29 is 4.42 Å². The maximum atomic E-state index is 9.14. The standard InChI is InChI=1S/C28H16N4O/c29-17-18-10-12-19(13-11-18)26-22-8-4-5-9-23(22)30-27(32-26)21-14-15-25-24(16-21)31-28(33-25)20-6-2-1-3-7-20/h1-16H. The lowest BCUT2D eigenvalue weighted by Gasteiger charge is -2.09. The van der Waals surface area contributed by atoms with Gasteiger partial charge in [-0.25, -0.2) is 15.0 Å². The van der Waals surface area contributed by atoms with Crippen LogP contribution in [0.25, 0.3) is 56.1 Å². The first kappa shape index (κ1) is 18.9. The number of nitrogens with zero attached hydrogens (tertiary/aromatic N) is 4. The minimum absolute atomic E-state index is 0.584. The van der Waals surface area contributed by atoms with E-state index in [2.05, 4.69) is 11.1 Å². The first-order chi connectivity index (χ1) is 16.3. The van der Waals surface area contributed by atoms with Gasteiger partial charge < -0.3 is 4.42 Å². The number of benzene rings is 4. The van der Waals surface area contributed by atoms with Gasteiger partial charge in [-0.3, -0.25) is 0 Å². The summed E-state index contributed by atoms with van der Waals surface area (Å²) in [5, 5.41) is 10.1. The first-order valence-corrected chi connectivity index (χ1v) is 10.5. The number of para-hydroxylation sites is 1. The number of nitriles is 1. The van der Waals surface area contributed by atoms with Crippen LogP contribution in [0.3, 0.4) is 0 Å². The van der Waals surface area contributed by atoms with E-state index in [1.807, 2.05) is 84.9 Å². The number of rotatable bonds is 3. The molecule has 0 spiro atoms. The molecule has 154 valence electrons. The van der Waals surface area contributed by atoms with Crippen molar-refractivity contribution >= 4 is 22.0 Å². The first-order valence-electron chi connectivity index (χ1n) is 10.5. The van der Waals surface area contributed by atoms with Gasteiger partial charge in [-0.15, -0.1) is 0 Å². The number of hydrogen-bond acceptors (Lipinski definition) is 5. The van der Waals surface area contributed by atoms with Crippen LogP contribution in [0.1, 0.15) is 5.56 Å². The fraction of sp³-hybridized carbons (Fsp3) is 0. The Labute approximate surface area is 189 Å². The Bertz CT molecular complexity index is 1660. The molecule has 0 saturated heterocycles. The van der Waals surface area contributed by atoms with E-state index in [1.165, 1.54) is 0 Å². The second-order valence-electron chi connectivity index (χ2n) is 7.67. The van der Waals surface area contributed by atoms with E-state index in [1.54, 1.807) is 12.1 Å².